The summed E-state index contributed by atoms with van der Waals surface area (Å²) in [4.78, 5) is 27.4. The molecule has 0 aromatic heterocycles. The van der Waals surface area contributed by atoms with Gasteiger partial charge in [0.1, 0.15) is 0 Å². The molecule has 0 fully saturated rings. The van der Waals surface area contributed by atoms with E-state index in [1.165, 1.54) is 0 Å². The Morgan fingerprint density at radius 2 is 1.92 bits per heavy atom. The third kappa shape index (κ3) is 8.89. The zero-order valence-corrected chi connectivity index (χ0v) is 15.6. The number of carbonyl (C=O) groups is 2. The summed E-state index contributed by atoms with van der Waals surface area (Å²) in [6, 6.07) is 7.62. The van der Waals surface area contributed by atoms with Crippen molar-refractivity contribution < 1.29 is 9.59 Å². The zero-order chi connectivity index (χ0) is 17.9. The van der Waals surface area contributed by atoms with Gasteiger partial charge in [-0.15, -0.1) is 0 Å². The predicted octanol–water partition coefficient (Wildman–Crippen LogP) is 2.19. The monoisotopic (exact) mass is 353 g/mol. The lowest BCUT2D eigenvalue weighted by atomic mass is 10.1. The number of rotatable bonds is 10. The van der Waals surface area contributed by atoms with Crippen LogP contribution in [0.5, 0.6) is 0 Å². The first kappa shape index (κ1) is 20.5. The van der Waals surface area contributed by atoms with Crippen molar-refractivity contribution in [2.45, 2.75) is 26.2 Å². The normalized spacial score (nSPS) is 10.7. The van der Waals surface area contributed by atoms with Crippen molar-refractivity contribution >= 4 is 23.4 Å². The zero-order valence-electron chi connectivity index (χ0n) is 14.8. The molecule has 0 aliphatic carbocycles. The minimum atomic E-state index is -0.0316. The highest BCUT2D eigenvalue weighted by Crippen LogP contribution is 2.10. The average Bonchev–Trinajstić information content (AvgIpc) is 2.50. The van der Waals surface area contributed by atoms with E-state index in [4.69, 9.17) is 11.6 Å². The highest BCUT2D eigenvalue weighted by Gasteiger charge is 2.11. The molecule has 0 radical (unpaired) electrons. The van der Waals surface area contributed by atoms with Gasteiger partial charge in [0.2, 0.25) is 11.8 Å². The molecule has 134 valence electrons. The molecule has 0 saturated heterocycles. The quantitative estimate of drug-likeness (QED) is 0.701. The highest BCUT2D eigenvalue weighted by molar-refractivity contribution is 6.30. The lowest BCUT2D eigenvalue weighted by molar-refractivity contribution is -0.129. The molecule has 0 aliphatic rings. The molecule has 0 aliphatic heterocycles. The van der Waals surface area contributed by atoms with Gasteiger partial charge in [0.15, 0.2) is 0 Å². The summed E-state index contributed by atoms with van der Waals surface area (Å²) in [7, 11) is 4.01. The number of amides is 2. The number of hydrogen-bond acceptors (Lipinski definition) is 3. The Labute approximate surface area is 150 Å². The Balaban J connectivity index is 2.26. The Morgan fingerprint density at radius 3 is 2.54 bits per heavy atom. The molecule has 0 saturated carbocycles. The minimum Gasteiger partial charge on any atom is -0.356 e. The molecule has 1 aromatic rings. The standard InChI is InChI=1S/C18H28ClN3O2/c1-15(23)22(12-5-11-21(2)3)13-9-18(24)20-10-8-16-6-4-7-17(19)14-16/h4,6-7,14H,5,8-13H2,1-3H3,(H,20,24). The minimum absolute atomic E-state index is 0.0143. The molecule has 6 heteroatoms. The Bertz CT molecular complexity index is 535. The van der Waals surface area contributed by atoms with Gasteiger partial charge in [0, 0.05) is 38.0 Å². The van der Waals surface area contributed by atoms with Gasteiger partial charge in [-0.05, 0) is 51.2 Å². The Hall–Kier alpha value is -1.59. The number of carbonyl (C=O) groups excluding carboxylic acids is 2. The van der Waals surface area contributed by atoms with Crippen molar-refractivity contribution in [2.75, 3.05) is 40.3 Å². The highest BCUT2D eigenvalue weighted by atomic mass is 35.5. The van der Waals surface area contributed by atoms with Gasteiger partial charge in [0.05, 0.1) is 0 Å². The summed E-state index contributed by atoms with van der Waals surface area (Å²) in [6.07, 6.45) is 1.98. The average molecular weight is 354 g/mol. The number of nitrogens with zero attached hydrogens (tertiary/aromatic N) is 2. The van der Waals surface area contributed by atoms with Gasteiger partial charge in [-0.1, -0.05) is 23.7 Å². The second kappa shape index (κ2) is 11.0. The number of nitrogens with one attached hydrogen (secondary N) is 1. The summed E-state index contributed by atoms with van der Waals surface area (Å²) in [5.74, 6) is -0.0172. The van der Waals surface area contributed by atoms with Crippen LogP contribution >= 0.6 is 11.6 Å². The van der Waals surface area contributed by atoms with E-state index in [0.717, 1.165) is 24.9 Å². The first-order chi connectivity index (χ1) is 11.4. The molecule has 0 atom stereocenters. The fourth-order valence-corrected chi connectivity index (χ4v) is 2.58. The maximum absolute atomic E-state index is 11.9. The van der Waals surface area contributed by atoms with E-state index in [-0.39, 0.29) is 11.8 Å². The van der Waals surface area contributed by atoms with E-state index < -0.39 is 0 Å². The topological polar surface area (TPSA) is 52.7 Å². The number of halogens is 1. The van der Waals surface area contributed by atoms with Crippen LogP contribution in [0.4, 0.5) is 0 Å². The fourth-order valence-electron chi connectivity index (χ4n) is 2.37. The van der Waals surface area contributed by atoms with Gasteiger partial charge in [0.25, 0.3) is 0 Å². The molecule has 0 unspecified atom stereocenters. The summed E-state index contributed by atoms with van der Waals surface area (Å²) < 4.78 is 0. The third-order valence-electron chi connectivity index (χ3n) is 3.71. The van der Waals surface area contributed by atoms with Crippen molar-refractivity contribution in [3.8, 4) is 0 Å². The summed E-state index contributed by atoms with van der Waals surface area (Å²) >= 11 is 5.93. The first-order valence-corrected chi connectivity index (χ1v) is 8.67. The predicted molar refractivity (Wildman–Crippen MR) is 98.2 cm³/mol. The maximum Gasteiger partial charge on any atom is 0.221 e. The van der Waals surface area contributed by atoms with Crippen molar-refractivity contribution in [3.05, 3.63) is 34.9 Å². The first-order valence-electron chi connectivity index (χ1n) is 8.30. The molecule has 5 nitrogen and oxygen atoms in total. The Kier molecular flexibility index (Phi) is 9.42. The summed E-state index contributed by atoms with van der Waals surface area (Å²) in [6.45, 7) is 4.19. The molecule has 0 spiro atoms. The molecular formula is C18H28ClN3O2. The van der Waals surface area contributed by atoms with Gasteiger partial charge in [-0.25, -0.2) is 0 Å². The van der Waals surface area contributed by atoms with Crippen LogP contribution in [0.15, 0.2) is 24.3 Å². The number of hydrogen-bond donors (Lipinski definition) is 1. The molecule has 2 amide bonds. The smallest absolute Gasteiger partial charge is 0.221 e. The Morgan fingerprint density at radius 1 is 1.17 bits per heavy atom. The second-order valence-corrected chi connectivity index (χ2v) is 6.58. The molecule has 0 bridgehead atoms. The lowest BCUT2D eigenvalue weighted by Gasteiger charge is -2.21. The van der Waals surface area contributed by atoms with E-state index in [2.05, 4.69) is 10.2 Å². The van der Waals surface area contributed by atoms with E-state index in [0.29, 0.717) is 31.1 Å². The van der Waals surface area contributed by atoms with Crippen molar-refractivity contribution in [1.29, 1.82) is 0 Å². The molecular weight excluding hydrogens is 326 g/mol. The molecule has 24 heavy (non-hydrogen) atoms. The molecule has 1 aromatic carbocycles. The van der Waals surface area contributed by atoms with Crippen LogP contribution in [-0.4, -0.2) is 61.9 Å². The van der Waals surface area contributed by atoms with Crippen LogP contribution in [0.1, 0.15) is 25.3 Å². The largest absolute Gasteiger partial charge is 0.356 e. The molecule has 1 rings (SSSR count). The van der Waals surface area contributed by atoms with Crippen LogP contribution in [0, 0.1) is 0 Å². The fraction of sp³-hybridized carbons (Fsp3) is 0.556. The van der Waals surface area contributed by atoms with E-state index in [9.17, 15) is 9.59 Å². The summed E-state index contributed by atoms with van der Waals surface area (Å²) in [5.41, 5.74) is 1.09. The van der Waals surface area contributed by atoms with E-state index in [1.54, 1.807) is 11.8 Å². The number of benzene rings is 1. The van der Waals surface area contributed by atoms with Gasteiger partial charge in [-0.2, -0.15) is 0 Å². The van der Waals surface area contributed by atoms with Gasteiger partial charge < -0.3 is 15.1 Å². The molecule has 1 N–H and O–H groups in total. The maximum atomic E-state index is 11.9. The van der Waals surface area contributed by atoms with E-state index in [1.807, 2.05) is 38.4 Å². The SMILES string of the molecule is CC(=O)N(CCCN(C)C)CCC(=O)NCCc1cccc(Cl)c1. The van der Waals surface area contributed by atoms with E-state index >= 15 is 0 Å². The van der Waals surface area contributed by atoms with Crippen molar-refractivity contribution in [2.24, 2.45) is 0 Å². The van der Waals surface area contributed by atoms with Crippen LogP contribution in [-0.2, 0) is 16.0 Å². The lowest BCUT2D eigenvalue weighted by Crippen LogP contribution is -2.35. The van der Waals surface area contributed by atoms with Crippen molar-refractivity contribution in [3.63, 3.8) is 0 Å². The second-order valence-electron chi connectivity index (χ2n) is 6.14. The summed E-state index contributed by atoms with van der Waals surface area (Å²) in [5, 5.41) is 3.59. The van der Waals surface area contributed by atoms with Crippen LogP contribution in [0.2, 0.25) is 5.02 Å². The van der Waals surface area contributed by atoms with Crippen LogP contribution in [0.25, 0.3) is 0 Å². The van der Waals surface area contributed by atoms with Gasteiger partial charge in [-0.3, -0.25) is 9.59 Å². The van der Waals surface area contributed by atoms with Crippen molar-refractivity contribution in [1.82, 2.24) is 15.1 Å². The van der Waals surface area contributed by atoms with Crippen LogP contribution < -0.4 is 5.32 Å². The van der Waals surface area contributed by atoms with Crippen LogP contribution in [0.3, 0.4) is 0 Å². The molecule has 0 heterocycles. The third-order valence-corrected chi connectivity index (χ3v) is 3.95. The van der Waals surface area contributed by atoms with Gasteiger partial charge >= 0.3 is 0 Å².